The summed E-state index contributed by atoms with van der Waals surface area (Å²) in [5.74, 6) is 3.48. The molecule has 156 valence electrons. The number of benzene rings is 2. The maximum Gasteiger partial charge on any atom is 0.179 e. The number of aliphatic imine (C=N–C) groups is 2. The molecular formula is C24H28FN5. The molecule has 1 aliphatic rings. The first-order valence-corrected chi connectivity index (χ1v) is 9.97. The Balaban J connectivity index is 1.69. The fraction of sp³-hybridized carbons (Fsp3) is 0.333. The quantitative estimate of drug-likeness (QED) is 0.420. The third-order valence-electron chi connectivity index (χ3n) is 5.20. The Hall–Kier alpha value is -3.17. The molecule has 30 heavy (non-hydrogen) atoms. The van der Waals surface area contributed by atoms with Crippen molar-refractivity contribution in [2.75, 3.05) is 37.0 Å². The molecule has 0 aliphatic carbocycles. The summed E-state index contributed by atoms with van der Waals surface area (Å²) in [7, 11) is 1.85. The Labute approximate surface area is 178 Å². The van der Waals surface area contributed by atoms with Crippen molar-refractivity contribution in [2.45, 2.75) is 20.4 Å². The van der Waals surface area contributed by atoms with E-state index in [1.54, 1.807) is 6.07 Å². The van der Waals surface area contributed by atoms with Gasteiger partial charge in [-0.1, -0.05) is 19.1 Å². The minimum atomic E-state index is -0.355. The molecule has 2 aromatic rings. The van der Waals surface area contributed by atoms with Gasteiger partial charge < -0.3 is 10.2 Å². The van der Waals surface area contributed by atoms with Gasteiger partial charge in [-0.25, -0.2) is 9.38 Å². The average molecular weight is 406 g/mol. The number of amidine groups is 1. The smallest absolute Gasteiger partial charge is 0.179 e. The summed E-state index contributed by atoms with van der Waals surface area (Å²) in [4.78, 5) is 12.7. The highest BCUT2D eigenvalue weighted by Crippen LogP contribution is 2.28. The number of hydrogen-bond donors (Lipinski definition) is 1. The maximum absolute atomic E-state index is 13.4. The Bertz CT molecular complexity index is 986. The Morgan fingerprint density at radius 1 is 1.33 bits per heavy atom. The second-order valence-electron chi connectivity index (χ2n) is 7.86. The average Bonchev–Trinajstić information content (AvgIpc) is 2.71. The molecule has 2 aromatic carbocycles. The van der Waals surface area contributed by atoms with Gasteiger partial charge in [0.2, 0.25) is 0 Å². The van der Waals surface area contributed by atoms with E-state index in [0.29, 0.717) is 18.2 Å². The second-order valence-corrected chi connectivity index (χ2v) is 7.86. The first kappa shape index (κ1) is 21.5. The van der Waals surface area contributed by atoms with Crippen LogP contribution in [0, 0.1) is 31.0 Å². The number of nitrogens with one attached hydrogen (secondary N) is 1. The van der Waals surface area contributed by atoms with Crippen LogP contribution in [-0.4, -0.2) is 44.3 Å². The third-order valence-corrected chi connectivity index (χ3v) is 5.20. The van der Waals surface area contributed by atoms with Gasteiger partial charge in [0.1, 0.15) is 12.5 Å². The molecule has 0 bridgehead atoms. The predicted octanol–water partition coefficient (Wildman–Crippen LogP) is 4.46. The second kappa shape index (κ2) is 9.55. The van der Waals surface area contributed by atoms with E-state index in [-0.39, 0.29) is 5.82 Å². The molecule has 0 atom stereocenters. The number of likely N-dealkylation sites (tertiary alicyclic amines) is 1. The van der Waals surface area contributed by atoms with Crippen molar-refractivity contribution in [3.8, 4) is 12.3 Å². The molecule has 0 spiro atoms. The molecule has 1 aliphatic heterocycles. The van der Waals surface area contributed by atoms with E-state index in [9.17, 15) is 4.39 Å². The lowest BCUT2D eigenvalue weighted by Gasteiger charge is -2.37. The van der Waals surface area contributed by atoms with Crippen LogP contribution >= 0.6 is 0 Å². The zero-order valence-corrected chi connectivity index (χ0v) is 17.8. The monoisotopic (exact) mass is 405 g/mol. The largest absolute Gasteiger partial charge is 0.353 e. The lowest BCUT2D eigenvalue weighted by Crippen LogP contribution is -2.44. The van der Waals surface area contributed by atoms with Crippen LogP contribution in [0.4, 0.5) is 21.5 Å². The third kappa shape index (κ3) is 5.25. The van der Waals surface area contributed by atoms with Crippen molar-refractivity contribution in [3.63, 3.8) is 0 Å². The molecule has 1 saturated heterocycles. The van der Waals surface area contributed by atoms with Crippen LogP contribution in [0.15, 0.2) is 46.4 Å². The van der Waals surface area contributed by atoms with E-state index in [2.05, 4.69) is 58.0 Å². The SMILES string of the molecule is C#CC(=NCN(C)c1ccc(F)cc1N=C)Nc1cc(CN2CC(C)C2)ccc1C. The van der Waals surface area contributed by atoms with Gasteiger partial charge in [-0.3, -0.25) is 9.89 Å². The van der Waals surface area contributed by atoms with E-state index in [1.807, 2.05) is 18.9 Å². The summed E-state index contributed by atoms with van der Waals surface area (Å²) in [6.07, 6.45) is 5.69. The lowest BCUT2D eigenvalue weighted by atomic mass is 10.0. The molecule has 0 saturated carbocycles. The Morgan fingerprint density at radius 3 is 2.77 bits per heavy atom. The number of rotatable bonds is 7. The van der Waals surface area contributed by atoms with Gasteiger partial charge in [0.05, 0.1) is 11.4 Å². The van der Waals surface area contributed by atoms with Crippen LogP contribution in [0.25, 0.3) is 0 Å². The van der Waals surface area contributed by atoms with Gasteiger partial charge in [-0.05, 0) is 54.8 Å². The van der Waals surface area contributed by atoms with Crippen LogP contribution in [0.1, 0.15) is 18.1 Å². The van der Waals surface area contributed by atoms with E-state index in [0.717, 1.165) is 42.5 Å². The number of anilines is 2. The Kier molecular flexibility index (Phi) is 6.86. The predicted molar refractivity (Wildman–Crippen MR) is 124 cm³/mol. The molecular weight excluding hydrogens is 377 g/mol. The van der Waals surface area contributed by atoms with Crippen LogP contribution in [0.3, 0.4) is 0 Å². The first-order chi connectivity index (χ1) is 14.4. The van der Waals surface area contributed by atoms with Gasteiger partial charge in [0.15, 0.2) is 5.84 Å². The maximum atomic E-state index is 13.4. The number of nitrogens with zero attached hydrogens (tertiary/aromatic N) is 4. The lowest BCUT2D eigenvalue weighted by molar-refractivity contribution is 0.105. The molecule has 3 rings (SSSR count). The number of aryl methyl sites for hydroxylation is 1. The zero-order chi connectivity index (χ0) is 21.7. The van der Waals surface area contributed by atoms with Crippen LogP contribution < -0.4 is 10.2 Å². The van der Waals surface area contributed by atoms with Crippen molar-refractivity contribution >= 4 is 29.6 Å². The van der Waals surface area contributed by atoms with Crippen molar-refractivity contribution < 1.29 is 4.39 Å². The normalized spacial score (nSPS) is 14.7. The van der Waals surface area contributed by atoms with Crippen LogP contribution in [0.2, 0.25) is 0 Å². The molecule has 5 nitrogen and oxygen atoms in total. The minimum absolute atomic E-state index is 0.297. The molecule has 1 fully saturated rings. The summed E-state index contributed by atoms with van der Waals surface area (Å²) >= 11 is 0. The molecule has 1 N–H and O–H groups in total. The molecule has 0 amide bonds. The van der Waals surface area contributed by atoms with E-state index >= 15 is 0 Å². The van der Waals surface area contributed by atoms with Crippen molar-refractivity contribution in [2.24, 2.45) is 15.9 Å². The van der Waals surface area contributed by atoms with Crippen LogP contribution in [0.5, 0.6) is 0 Å². The summed E-state index contributed by atoms with van der Waals surface area (Å²) in [6.45, 7) is 11.3. The van der Waals surface area contributed by atoms with E-state index < -0.39 is 0 Å². The van der Waals surface area contributed by atoms with Gasteiger partial charge in [-0.15, -0.1) is 6.42 Å². The number of hydrogen-bond acceptors (Lipinski definition) is 4. The fourth-order valence-corrected chi connectivity index (χ4v) is 3.57. The fourth-order valence-electron chi connectivity index (χ4n) is 3.57. The Morgan fingerprint density at radius 2 is 2.10 bits per heavy atom. The summed E-state index contributed by atoms with van der Waals surface area (Å²) in [5, 5.41) is 3.27. The highest BCUT2D eigenvalue weighted by atomic mass is 19.1. The van der Waals surface area contributed by atoms with Gasteiger partial charge in [0.25, 0.3) is 0 Å². The molecule has 6 heteroatoms. The highest BCUT2D eigenvalue weighted by molar-refractivity contribution is 6.08. The highest BCUT2D eigenvalue weighted by Gasteiger charge is 2.22. The minimum Gasteiger partial charge on any atom is -0.353 e. The summed E-state index contributed by atoms with van der Waals surface area (Å²) in [6, 6.07) is 10.8. The van der Waals surface area contributed by atoms with Crippen molar-refractivity contribution in [1.82, 2.24) is 4.90 Å². The van der Waals surface area contributed by atoms with Gasteiger partial charge in [-0.2, -0.15) is 0 Å². The van der Waals surface area contributed by atoms with Crippen molar-refractivity contribution in [3.05, 3.63) is 53.3 Å². The molecule has 1 heterocycles. The molecule has 0 unspecified atom stereocenters. The standard InChI is InChI=1S/C24H28FN5/c1-6-24(27-16-29(5)23-10-9-20(25)12-22(23)26-4)28-21-11-19(8-7-18(21)3)15-30-13-17(2)14-30/h1,7-12,17H,4,13-16H2,2-3,5H3,(H,27,28). The molecule has 0 aromatic heterocycles. The summed E-state index contributed by atoms with van der Waals surface area (Å²) < 4.78 is 13.4. The first-order valence-electron chi connectivity index (χ1n) is 9.97. The van der Waals surface area contributed by atoms with Gasteiger partial charge >= 0.3 is 0 Å². The van der Waals surface area contributed by atoms with Gasteiger partial charge in [0, 0.05) is 38.4 Å². The number of halogens is 1. The van der Waals surface area contributed by atoms with Crippen LogP contribution in [-0.2, 0) is 6.54 Å². The molecule has 0 radical (unpaired) electrons. The van der Waals surface area contributed by atoms with E-state index in [1.165, 1.54) is 17.7 Å². The number of terminal acetylenes is 1. The summed E-state index contributed by atoms with van der Waals surface area (Å²) in [5.41, 5.74) is 4.50. The van der Waals surface area contributed by atoms with E-state index in [4.69, 9.17) is 6.42 Å². The van der Waals surface area contributed by atoms with Crippen molar-refractivity contribution in [1.29, 1.82) is 0 Å². The topological polar surface area (TPSA) is 43.2 Å². The zero-order valence-electron chi connectivity index (χ0n) is 17.8.